The Morgan fingerprint density at radius 2 is 2.12 bits per heavy atom. The second-order valence-electron chi connectivity index (χ2n) is 6.68. The van der Waals surface area contributed by atoms with Crippen LogP contribution in [0.3, 0.4) is 0 Å². The third-order valence-corrected chi connectivity index (χ3v) is 4.94. The highest BCUT2D eigenvalue weighted by Gasteiger charge is 2.31. The van der Waals surface area contributed by atoms with Gasteiger partial charge in [-0.2, -0.15) is 0 Å². The smallest absolute Gasteiger partial charge is 0.322 e. The molecule has 0 spiro atoms. The first-order valence-corrected chi connectivity index (χ1v) is 8.67. The highest BCUT2D eigenvalue weighted by atomic mass is 16.5. The summed E-state index contributed by atoms with van der Waals surface area (Å²) in [6.07, 6.45) is 1.06. The fourth-order valence-corrected chi connectivity index (χ4v) is 3.53. The molecule has 1 fully saturated rings. The highest BCUT2D eigenvalue weighted by Crippen LogP contribution is 2.31. The first-order chi connectivity index (χ1) is 12.1. The van der Waals surface area contributed by atoms with Crippen LogP contribution >= 0.6 is 0 Å². The van der Waals surface area contributed by atoms with E-state index >= 15 is 0 Å². The fraction of sp³-hybridized carbons (Fsp3) is 0.421. The fourth-order valence-electron chi connectivity index (χ4n) is 3.53. The van der Waals surface area contributed by atoms with Crippen molar-refractivity contribution in [2.24, 2.45) is 0 Å². The maximum absolute atomic E-state index is 12.8. The van der Waals surface area contributed by atoms with Crippen molar-refractivity contribution in [2.45, 2.75) is 19.4 Å². The van der Waals surface area contributed by atoms with Gasteiger partial charge in [-0.3, -0.25) is 0 Å². The largest absolute Gasteiger partial charge is 0.464 e. The maximum atomic E-state index is 12.8. The van der Waals surface area contributed by atoms with E-state index in [0.29, 0.717) is 19.8 Å². The van der Waals surface area contributed by atoms with Gasteiger partial charge in [-0.25, -0.2) is 4.79 Å². The first-order valence-electron chi connectivity index (χ1n) is 8.67. The molecule has 0 unspecified atom stereocenters. The number of carbonyl (C=O) groups is 1. The summed E-state index contributed by atoms with van der Waals surface area (Å²) < 4.78 is 11.3. The molecule has 0 bridgehead atoms. The summed E-state index contributed by atoms with van der Waals surface area (Å²) >= 11 is 0. The molecule has 1 atom stereocenters. The first kappa shape index (κ1) is 16.0. The molecule has 1 aromatic carbocycles. The van der Waals surface area contributed by atoms with Crippen molar-refractivity contribution in [1.82, 2.24) is 4.90 Å². The molecule has 2 aromatic rings. The molecule has 6 nitrogen and oxygen atoms in total. The number of likely N-dealkylation sites (N-methyl/N-ethyl adjacent to an activating group) is 1. The molecule has 25 heavy (non-hydrogen) atoms. The third-order valence-electron chi connectivity index (χ3n) is 4.94. The number of urea groups is 1. The molecule has 2 aliphatic heterocycles. The minimum atomic E-state index is -0.195. The van der Waals surface area contributed by atoms with E-state index < -0.39 is 0 Å². The Balaban J connectivity index is 1.52. The van der Waals surface area contributed by atoms with Crippen LogP contribution in [0.5, 0.6) is 0 Å². The van der Waals surface area contributed by atoms with Gasteiger partial charge >= 0.3 is 6.03 Å². The van der Waals surface area contributed by atoms with E-state index in [9.17, 15) is 4.79 Å². The minimum absolute atomic E-state index is 0.122. The molecule has 1 N–H and O–H groups in total. The van der Waals surface area contributed by atoms with Gasteiger partial charge in [0, 0.05) is 31.5 Å². The topological polar surface area (TPSA) is 58.0 Å². The number of hydrogen-bond acceptors (Lipinski definition) is 4. The van der Waals surface area contributed by atoms with E-state index in [4.69, 9.17) is 9.15 Å². The lowest BCUT2D eigenvalue weighted by atomic mass is 10.1. The number of furan rings is 1. The number of morpholine rings is 1. The number of nitrogens with one attached hydrogen (secondary N) is 1. The summed E-state index contributed by atoms with van der Waals surface area (Å²) in [6, 6.07) is 9.63. The van der Waals surface area contributed by atoms with Crippen LogP contribution < -0.4 is 10.2 Å². The number of benzene rings is 1. The Morgan fingerprint density at radius 1 is 1.24 bits per heavy atom. The number of fused-ring (bicyclic) bond motifs is 1. The standard InChI is InChI=1S/C19H23N3O3/c1-13-3-6-18(25-13)17-12-24-10-9-22(17)19(23)20-15-5-4-14-7-8-21(2)16(14)11-15/h3-6,11,17H,7-10,12H2,1-2H3,(H,20,23)/t17-/m0/s1. The summed E-state index contributed by atoms with van der Waals surface area (Å²) in [4.78, 5) is 16.9. The number of ether oxygens (including phenoxy) is 1. The summed E-state index contributed by atoms with van der Waals surface area (Å²) in [5.74, 6) is 1.60. The lowest BCUT2D eigenvalue weighted by Gasteiger charge is -2.34. The summed E-state index contributed by atoms with van der Waals surface area (Å²) in [5, 5.41) is 3.03. The van der Waals surface area contributed by atoms with E-state index in [1.54, 1.807) is 4.90 Å². The van der Waals surface area contributed by atoms with Gasteiger partial charge in [0.15, 0.2) is 0 Å². The van der Waals surface area contributed by atoms with Gasteiger partial charge in [0.05, 0.1) is 13.2 Å². The third kappa shape index (κ3) is 3.09. The number of hydrogen-bond donors (Lipinski definition) is 1. The molecular formula is C19H23N3O3. The van der Waals surface area contributed by atoms with Gasteiger partial charge in [-0.15, -0.1) is 0 Å². The molecular weight excluding hydrogens is 318 g/mol. The van der Waals surface area contributed by atoms with E-state index in [-0.39, 0.29) is 12.1 Å². The van der Waals surface area contributed by atoms with Gasteiger partial charge in [-0.05, 0) is 43.2 Å². The van der Waals surface area contributed by atoms with Crippen molar-refractivity contribution in [3.05, 3.63) is 47.4 Å². The molecule has 0 radical (unpaired) electrons. The van der Waals surface area contributed by atoms with E-state index in [1.165, 1.54) is 11.3 Å². The Bertz CT molecular complexity index is 786. The van der Waals surface area contributed by atoms with Crippen LogP contribution in [0.1, 0.15) is 23.1 Å². The molecule has 2 aliphatic rings. The average molecular weight is 341 g/mol. The average Bonchev–Trinajstić information content (AvgIpc) is 3.21. The van der Waals surface area contributed by atoms with Crippen LogP contribution in [-0.2, 0) is 11.2 Å². The number of anilines is 2. The number of aryl methyl sites for hydroxylation is 1. The van der Waals surface area contributed by atoms with Crippen molar-refractivity contribution in [2.75, 3.05) is 43.6 Å². The van der Waals surface area contributed by atoms with Gasteiger partial charge in [-0.1, -0.05) is 6.07 Å². The van der Waals surface area contributed by atoms with Crippen LogP contribution in [0.4, 0.5) is 16.2 Å². The van der Waals surface area contributed by atoms with Crippen molar-refractivity contribution < 1.29 is 13.9 Å². The number of nitrogens with zero attached hydrogens (tertiary/aromatic N) is 2. The SMILES string of the molecule is Cc1ccc([C@@H]2COCCN2C(=O)Nc2ccc3c(c2)N(C)CC3)o1. The van der Waals surface area contributed by atoms with Crippen LogP contribution in [0, 0.1) is 6.92 Å². The Labute approximate surface area is 147 Å². The second kappa shape index (κ2) is 6.44. The molecule has 132 valence electrons. The second-order valence-corrected chi connectivity index (χ2v) is 6.68. The molecule has 3 heterocycles. The van der Waals surface area contributed by atoms with Gasteiger partial charge in [0.25, 0.3) is 0 Å². The zero-order valence-electron chi connectivity index (χ0n) is 14.6. The Hall–Kier alpha value is -2.47. The monoisotopic (exact) mass is 341 g/mol. The van der Waals surface area contributed by atoms with E-state index in [0.717, 1.165) is 30.2 Å². The summed E-state index contributed by atoms with van der Waals surface area (Å²) in [6.45, 7) is 4.46. The maximum Gasteiger partial charge on any atom is 0.322 e. The molecule has 0 saturated carbocycles. The van der Waals surface area contributed by atoms with Crippen molar-refractivity contribution in [1.29, 1.82) is 0 Å². The summed E-state index contributed by atoms with van der Waals surface area (Å²) in [5.41, 5.74) is 3.34. The predicted molar refractivity (Wildman–Crippen MR) is 96.1 cm³/mol. The van der Waals surface area contributed by atoms with Gasteiger partial charge < -0.3 is 24.3 Å². The zero-order chi connectivity index (χ0) is 17.4. The lowest BCUT2D eigenvalue weighted by molar-refractivity contribution is 0.00710. The van der Waals surface area contributed by atoms with E-state index in [1.807, 2.05) is 31.2 Å². The molecule has 6 heteroatoms. The quantitative estimate of drug-likeness (QED) is 0.911. The summed E-state index contributed by atoms with van der Waals surface area (Å²) in [7, 11) is 2.08. The van der Waals surface area contributed by atoms with Gasteiger partial charge in [0.2, 0.25) is 0 Å². The highest BCUT2D eigenvalue weighted by molar-refractivity contribution is 5.90. The van der Waals surface area contributed by atoms with Crippen molar-refractivity contribution >= 4 is 17.4 Å². The van der Waals surface area contributed by atoms with Crippen LogP contribution in [-0.4, -0.2) is 44.3 Å². The van der Waals surface area contributed by atoms with Crippen LogP contribution in [0.25, 0.3) is 0 Å². The number of amides is 2. The van der Waals surface area contributed by atoms with Crippen molar-refractivity contribution in [3.63, 3.8) is 0 Å². The molecule has 0 aliphatic carbocycles. The normalized spacial score (nSPS) is 19.8. The lowest BCUT2D eigenvalue weighted by Crippen LogP contribution is -2.45. The zero-order valence-corrected chi connectivity index (χ0v) is 14.6. The minimum Gasteiger partial charge on any atom is -0.464 e. The van der Waals surface area contributed by atoms with Crippen LogP contribution in [0.2, 0.25) is 0 Å². The Morgan fingerprint density at radius 3 is 2.92 bits per heavy atom. The van der Waals surface area contributed by atoms with Crippen molar-refractivity contribution in [3.8, 4) is 0 Å². The van der Waals surface area contributed by atoms with Crippen LogP contribution in [0.15, 0.2) is 34.7 Å². The molecule has 2 amide bonds. The van der Waals surface area contributed by atoms with E-state index in [2.05, 4.69) is 23.3 Å². The molecule has 4 rings (SSSR count). The molecule has 1 saturated heterocycles. The number of rotatable bonds is 2. The number of carbonyl (C=O) groups excluding carboxylic acids is 1. The predicted octanol–water partition coefficient (Wildman–Crippen LogP) is 3.19. The molecule has 1 aromatic heterocycles. The Kier molecular flexibility index (Phi) is 4.13. The van der Waals surface area contributed by atoms with Gasteiger partial charge in [0.1, 0.15) is 17.6 Å².